The van der Waals surface area contributed by atoms with Gasteiger partial charge in [0, 0.05) is 11.3 Å². The largest absolute Gasteiger partial charge is 0.326 e. The van der Waals surface area contributed by atoms with Gasteiger partial charge < -0.3 is 5.32 Å². The SMILES string of the molecule is Cc1ccc(NC(=O)CC(=O)c2ccc(C)cc2)cc1. The summed E-state index contributed by atoms with van der Waals surface area (Å²) in [6.45, 7) is 3.94. The summed E-state index contributed by atoms with van der Waals surface area (Å²) in [6.07, 6.45) is -0.142. The topological polar surface area (TPSA) is 46.2 Å². The van der Waals surface area contributed by atoms with Crippen LogP contribution in [0, 0.1) is 13.8 Å². The molecule has 0 radical (unpaired) electrons. The van der Waals surface area contributed by atoms with Crippen LogP contribution < -0.4 is 5.32 Å². The van der Waals surface area contributed by atoms with E-state index in [9.17, 15) is 9.59 Å². The Morgan fingerprint density at radius 1 is 0.850 bits per heavy atom. The van der Waals surface area contributed by atoms with Crippen LogP contribution in [-0.2, 0) is 4.79 Å². The van der Waals surface area contributed by atoms with Gasteiger partial charge in [-0.05, 0) is 26.0 Å². The van der Waals surface area contributed by atoms with Crippen LogP contribution in [0.5, 0.6) is 0 Å². The number of ketones is 1. The van der Waals surface area contributed by atoms with Gasteiger partial charge in [0.05, 0.1) is 6.42 Å². The molecule has 0 aromatic heterocycles. The maximum Gasteiger partial charge on any atom is 0.232 e. The molecular weight excluding hydrogens is 250 g/mol. The average Bonchev–Trinajstić information content (AvgIpc) is 2.42. The van der Waals surface area contributed by atoms with Gasteiger partial charge in [-0.25, -0.2) is 0 Å². The van der Waals surface area contributed by atoms with Gasteiger partial charge in [0.15, 0.2) is 5.78 Å². The number of nitrogens with one attached hydrogen (secondary N) is 1. The Morgan fingerprint density at radius 2 is 1.35 bits per heavy atom. The van der Waals surface area contributed by atoms with Crippen molar-refractivity contribution in [1.82, 2.24) is 0 Å². The highest BCUT2D eigenvalue weighted by molar-refractivity contribution is 6.10. The van der Waals surface area contributed by atoms with Crippen molar-refractivity contribution in [3.63, 3.8) is 0 Å². The first-order chi connectivity index (χ1) is 9.54. The molecule has 0 fully saturated rings. The molecule has 102 valence electrons. The molecule has 0 unspecified atom stereocenters. The lowest BCUT2D eigenvalue weighted by atomic mass is 10.1. The Balaban J connectivity index is 1.95. The molecule has 3 nitrogen and oxygen atoms in total. The number of hydrogen-bond donors (Lipinski definition) is 1. The number of amides is 1. The van der Waals surface area contributed by atoms with Crippen molar-refractivity contribution >= 4 is 17.4 Å². The van der Waals surface area contributed by atoms with Crippen molar-refractivity contribution in [2.24, 2.45) is 0 Å². The van der Waals surface area contributed by atoms with E-state index in [-0.39, 0.29) is 18.1 Å². The van der Waals surface area contributed by atoms with Gasteiger partial charge in [0.1, 0.15) is 0 Å². The second kappa shape index (κ2) is 6.15. The van der Waals surface area contributed by atoms with E-state index in [2.05, 4.69) is 5.32 Å². The smallest absolute Gasteiger partial charge is 0.232 e. The highest BCUT2D eigenvalue weighted by atomic mass is 16.2. The van der Waals surface area contributed by atoms with Crippen molar-refractivity contribution in [2.45, 2.75) is 20.3 Å². The van der Waals surface area contributed by atoms with Crippen LogP contribution in [0.3, 0.4) is 0 Å². The first-order valence-corrected chi connectivity index (χ1v) is 6.51. The van der Waals surface area contributed by atoms with Crippen molar-refractivity contribution in [3.8, 4) is 0 Å². The van der Waals surface area contributed by atoms with E-state index < -0.39 is 0 Å². The summed E-state index contributed by atoms with van der Waals surface area (Å²) in [5.74, 6) is -0.464. The fraction of sp³-hybridized carbons (Fsp3) is 0.176. The Kier molecular flexibility index (Phi) is 4.31. The minimum atomic E-state index is -0.292. The number of anilines is 1. The maximum atomic E-state index is 11.9. The summed E-state index contributed by atoms with van der Waals surface area (Å²) in [7, 11) is 0. The molecule has 0 heterocycles. The molecule has 0 bridgehead atoms. The Morgan fingerprint density at radius 3 is 1.90 bits per heavy atom. The number of hydrogen-bond acceptors (Lipinski definition) is 2. The monoisotopic (exact) mass is 267 g/mol. The lowest BCUT2D eigenvalue weighted by Crippen LogP contribution is -2.16. The van der Waals surface area contributed by atoms with Gasteiger partial charge >= 0.3 is 0 Å². The molecule has 1 amide bonds. The van der Waals surface area contributed by atoms with Crippen LogP contribution >= 0.6 is 0 Å². The van der Waals surface area contributed by atoms with Crippen molar-refractivity contribution < 1.29 is 9.59 Å². The predicted molar refractivity (Wildman–Crippen MR) is 79.9 cm³/mol. The van der Waals surface area contributed by atoms with Gasteiger partial charge in [0.2, 0.25) is 5.91 Å². The zero-order valence-corrected chi connectivity index (χ0v) is 11.6. The highest BCUT2D eigenvalue weighted by Gasteiger charge is 2.11. The molecule has 3 heteroatoms. The zero-order valence-electron chi connectivity index (χ0n) is 11.6. The van der Waals surface area contributed by atoms with Crippen molar-refractivity contribution in [2.75, 3.05) is 5.32 Å². The molecule has 0 atom stereocenters. The van der Waals surface area contributed by atoms with Crippen molar-refractivity contribution in [3.05, 3.63) is 65.2 Å². The summed E-state index contributed by atoms with van der Waals surface area (Å²) in [5.41, 5.74) is 3.48. The molecule has 0 aliphatic heterocycles. The van der Waals surface area contributed by atoms with E-state index in [4.69, 9.17) is 0 Å². The van der Waals surface area contributed by atoms with Crippen LogP contribution in [0.2, 0.25) is 0 Å². The standard InChI is InChI=1S/C17H17NO2/c1-12-3-7-14(8-4-12)16(19)11-17(20)18-15-9-5-13(2)6-10-15/h3-10H,11H2,1-2H3,(H,18,20). The highest BCUT2D eigenvalue weighted by Crippen LogP contribution is 2.10. The molecule has 1 N–H and O–H groups in total. The zero-order chi connectivity index (χ0) is 14.5. The Labute approximate surface area is 118 Å². The van der Waals surface area contributed by atoms with E-state index in [0.29, 0.717) is 11.3 Å². The van der Waals surface area contributed by atoms with Gasteiger partial charge in [-0.3, -0.25) is 9.59 Å². The van der Waals surface area contributed by atoms with E-state index >= 15 is 0 Å². The quantitative estimate of drug-likeness (QED) is 0.680. The lowest BCUT2D eigenvalue weighted by molar-refractivity contribution is -0.115. The molecule has 2 aromatic carbocycles. The molecule has 0 saturated carbocycles. The van der Waals surface area contributed by atoms with Gasteiger partial charge in [-0.2, -0.15) is 0 Å². The van der Waals surface area contributed by atoms with Crippen LogP contribution in [0.1, 0.15) is 27.9 Å². The first kappa shape index (κ1) is 14.0. The van der Waals surface area contributed by atoms with E-state index in [1.807, 2.05) is 50.2 Å². The van der Waals surface area contributed by atoms with Gasteiger partial charge in [-0.1, -0.05) is 47.5 Å². The lowest BCUT2D eigenvalue weighted by Gasteiger charge is -2.05. The number of carbonyl (C=O) groups is 2. The molecule has 0 aliphatic rings. The minimum absolute atomic E-state index is 0.142. The summed E-state index contributed by atoms with van der Waals surface area (Å²) in [6, 6.07) is 14.7. The first-order valence-electron chi connectivity index (χ1n) is 6.51. The summed E-state index contributed by atoms with van der Waals surface area (Å²) in [4.78, 5) is 23.8. The molecule has 0 aliphatic carbocycles. The molecule has 2 aromatic rings. The van der Waals surface area contributed by atoms with E-state index in [0.717, 1.165) is 11.1 Å². The van der Waals surface area contributed by atoms with Gasteiger partial charge in [-0.15, -0.1) is 0 Å². The summed E-state index contributed by atoms with van der Waals surface area (Å²) >= 11 is 0. The average molecular weight is 267 g/mol. The molecule has 0 spiro atoms. The second-order valence-electron chi connectivity index (χ2n) is 4.88. The van der Waals surface area contributed by atoms with Crippen LogP contribution in [0.4, 0.5) is 5.69 Å². The van der Waals surface area contributed by atoms with E-state index in [1.54, 1.807) is 12.1 Å². The fourth-order valence-corrected chi connectivity index (χ4v) is 1.83. The Hall–Kier alpha value is -2.42. The third kappa shape index (κ3) is 3.79. The molecule has 2 rings (SSSR count). The summed E-state index contributed by atoms with van der Waals surface area (Å²) in [5, 5.41) is 2.72. The third-order valence-electron chi connectivity index (χ3n) is 3.03. The second-order valence-corrected chi connectivity index (χ2v) is 4.88. The third-order valence-corrected chi connectivity index (χ3v) is 3.03. The van der Waals surface area contributed by atoms with E-state index in [1.165, 1.54) is 0 Å². The number of carbonyl (C=O) groups excluding carboxylic acids is 2. The summed E-state index contributed by atoms with van der Waals surface area (Å²) < 4.78 is 0. The molecule has 0 saturated heterocycles. The minimum Gasteiger partial charge on any atom is -0.326 e. The normalized spacial score (nSPS) is 10.1. The molecular formula is C17H17NO2. The fourth-order valence-electron chi connectivity index (χ4n) is 1.83. The van der Waals surface area contributed by atoms with Crippen LogP contribution in [-0.4, -0.2) is 11.7 Å². The maximum absolute atomic E-state index is 11.9. The van der Waals surface area contributed by atoms with Gasteiger partial charge in [0.25, 0.3) is 0 Å². The number of rotatable bonds is 4. The number of aryl methyl sites for hydroxylation is 2. The van der Waals surface area contributed by atoms with Crippen molar-refractivity contribution in [1.29, 1.82) is 0 Å². The number of Topliss-reactive ketones (excluding diaryl/α,β-unsaturated/α-hetero) is 1. The Bertz CT molecular complexity index is 612. The molecule has 20 heavy (non-hydrogen) atoms. The van der Waals surface area contributed by atoms with Crippen LogP contribution in [0.25, 0.3) is 0 Å². The van der Waals surface area contributed by atoms with Crippen LogP contribution in [0.15, 0.2) is 48.5 Å². The predicted octanol–water partition coefficient (Wildman–Crippen LogP) is 3.51. The number of benzene rings is 2.